The maximum Gasteiger partial charge on any atom is 0.129 e. The molecule has 0 N–H and O–H groups in total. The molecule has 3 fully saturated rings. The number of hydrogen-bond acceptors (Lipinski definition) is 1. The van der Waals surface area contributed by atoms with Crippen LogP contribution in [0.5, 0.6) is 0 Å². The molecule has 0 radical (unpaired) electrons. The van der Waals surface area contributed by atoms with Crippen molar-refractivity contribution in [3.05, 3.63) is 11.1 Å². The van der Waals surface area contributed by atoms with Crippen molar-refractivity contribution in [3.63, 3.8) is 0 Å². The molecule has 0 aliphatic heterocycles. The Kier molecular flexibility index (Phi) is 4.41. The third-order valence-corrected chi connectivity index (χ3v) is 7.99. The van der Waals surface area contributed by atoms with E-state index in [1.165, 1.54) is 77.0 Å². The summed E-state index contributed by atoms with van der Waals surface area (Å²) in [6.07, 6.45) is 19.4. The lowest BCUT2D eigenvalue weighted by Crippen LogP contribution is -2.39. The van der Waals surface area contributed by atoms with Crippen LogP contribution in [0.25, 0.3) is 0 Å². The van der Waals surface area contributed by atoms with Crippen LogP contribution in [-0.2, 0) is 4.79 Å². The van der Waals surface area contributed by atoms with Crippen molar-refractivity contribution in [2.45, 2.75) is 96.8 Å². The third kappa shape index (κ3) is 2.83. The molecular formula is C22H34O. The maximum absolute atomic E-state index is 11.4. The lowest BCUT2D eigenvalue weighted by atomic mass is 9.55. The molecule has 4 aliphatic carbocycles. The van der Waals surface area contributed by atoms with E-state index in [2.05, 4.69) is 0 Å². The van der Waals surface area contributed by atoms with Crippen LogP contribution in [0.3, 0.4) is 0 Å². The zero-order valence-corrected chi connectivity index (χ0v) is 15.0. The molecule has 3 saturated carbocycles. The number of hydrogen-bond donors (Lipinski definition) is 0. The van der Waals surface area contributed by atoms with Gasteiger partial charge in [-0.25, -0.2) is 0 Å². The van der Waals surface area contributed by atoms with Gasteiger partial charge in [0.15, 0.2) is 0 Å². The number of rotatable bonds is 4. The topological polar surface area (TPSA) is 17.1 Å². The Labute approximate surface area is 142 Å². The zero-order chi connectivity index (χ0) is 15.9. The monoisotopic (exact) mass is 314 g/mol. The first kappa shape index (κ1) is 15.9. The second kappa shape index (κ2) is 6.37. The second-order valence-corrected chi connectivity index (χ2v) is 9.09. The Morgan fingerprint density at radius 3 is 2.78 bits per heavy atom. The van der Waals surface area contributed by atoms with E-state index in [0.717, 1.165) is 30.6 Å². The SMILES string of the molecule is CC(=O)CCC[C@@]12CCC[C@H]1[C@@H]1CCC3CCCCC3=C1CC2. The van der Waals surface area contributed by atoms with Gasteiger partial charge in [0.1, 0.15) is 5.78 Å². The molecule has 0 aromatic heterocycles. The zero-order valence-electron chi connectivity index (χ0n) is 15.0. The molecule has 1 nitrogen and oxygen atoms in total. The molecule has 0 aromatic rings. The Balaban J connectivity index is 1.54. The maximum atomic E-state index is 11.4. The summed E-state index contributed by atoms with van der Waals surface area (Å²) in [7, 11) is 0. The van der Waals surface area contributed by atoms with Crippen LogP contribution in [-0.4, -0.2) is 5.78 Å². The van der Waals surface area contributed by atoms with E-state index in [1.54, 1.807) is 6.92 Å². The summed E-state index contributed by atoms with van der Waals surface area (Å²) < 4.78 is 0. The molecule has 4 atom stereocenters. The van der Waals surface area contributed by atoms with Crippen LogP contribution >= 0.6 is 0 Å². The molecule has 4 aliphatic rings. The van der Waals surface area contributed by atoms with Gasteiger partial charge in [0.05, 0.1) is 0 Å². The highest BCUT2D eigenvalue weighted by atomic mass is 16.1. The average Bonchev–Trinajstić information content (AvgIpc) is 2.98. The van der Waals surface area contributed by atoms with E-state index in [1.807, 2.05) is 11.1 Å². The lowest BCUT2D eigenvalue weighted by Gasteiger charge is -2.50. The fourth-order valence-electron chi connectivity index (χ4n) is 7.02. The van der Waals surface area contributed by atoms with Gasteiger partial charge in [-0.2, -0.15) is 0 Å². The number of fused-ring (bicyclic) bond motifs is 4. The van der Waals surface area contributed by atoms with Crippen molar-refractivity contribution in [2.75, 3.05) is 0 Å². The predicted octanol–water partition coefficient (Wildman–Crippen LogP) is 6.22. The molecule has 1 heteroatoms. The molecule has 23 heavy (non-hydrogen) atoms. The van der Waals surface area contributed by atoms with Gasteiger partial charge in [-0.05, 0) is 101 Å². The van der Waals surface area contributed by atoms with E-state index >= 15 is 0 Å². The molecular weight excluding hydrogens is 280 g/mol. The number of carbonyl (C=O) groups excluding carboxylic acids is 1. The first-order chi connectivity index (χ1) is 11.2. The third-order valence-electron chi connectivity index (χ3n) is 7.99. The van der Waals surface area contributed by atoms with Gasteiger partial charge in [-0.15, -0.1) is 0 Å². The van der Waals surface area contributed by atoms with Gasteiger partial charge in [-0.3, -0.25) is 0 Å². The van der Waals surface area contributed by atoms with Crippen molar-refractivity contribution in [1.29, 1.82) is 0 Å². The van der Waals surface area contributed by atoms with Crippen LogP contribution in [0.15, 0.2) is 11.1 Å². The molecule has 0 spiro atoms. The van der Waals surface area contributed by atoms with Crippen molar-refractivity contribution >= 4 is 5.78 Å². The Bertz CT molecular complexity index is 502. The highest BCUT2D eigenvalue weighted by Crippen LogP contribution is 2.62. The second-order valence-electron chi connectivity index (χ2n) is 9.09. The fourth-order valence-corrected chi connectivity index (χ4v) is 7.02. The number of Topliss-reactive ketones (excluding diaryl/α,β-unsaturated/α-hetero) is 1. The van der Waals surface area contributed by atoms with Crippen molar-refractivity contribution in [1.82, 2.24) is 0 Å². The van der Waals surface area contributed by atoms with Crippen LogP contribution in [0.1, 0.15) is 96.8 Å². The molecule has 0 aromatic carbocycles. The minimum Gasteiger partial charge on any atom is -0.300 e. The smallest absolute Gasteiger partial charge is 0.129 e. The molecule has 1 unspecified atom stereocenters. The van der Waals surface area contributed by atoms with Gasteiger partial charge in [0.2, 0.25) is 0 Å². The van der Waals surface area contributed by atoms with Gasteiger partial charge in [0, 0.05) is 6.42 Å². The molecule has 4 rings (SSSR count). The van der Waals surface area contributed by atoms with Crippen molar-refractivity contribution < 1.29 is 4.79 Å². The number of carbonyl (C=O) groups is 1. The highest BCUT2D eigenvalue weighted by molar-refractivity contribution is 5.75. The molecule has 128 valence electrons. The van der Waals surface area contributed by atoms with E-state index in [4.69, 9.17) is 0 Å². The standard InChI is InChI=1S/C22H34O/c1-16(23)6-4-13-22-14-5-9-21(22)20-11-10-17-7-2-3-8-18(17)19(20)12-15-22/h17,20-21H,2-15H2,1H3/t17?,20-,21+,22+/m1/s1. The van der Waals surface area contributed by atoms with E-state index in [9.17, 15) is 4.79 Å². The molecule has 0 saturated heterocycles. The summed E-state index contributed by atoms with van der Waals surface area (Å²) in [6.45, 7) is 1.76. The summed E-state index contributed by atoms with van der Waals surface area (Å²) >= 11 is 0. The Morgan fingerprint density at radius 2 is 1.91 bits per heavy atom. The minimum atomic E-state index is 0.386. The van der Waals surface area contributed by atoms with Crippen molar-refractivity contribution in [3.8, 4) is 0 Å². The normalized spacial score (nSPS) is 39.6. The summed E-state index contributed by atoms with van der Waals surface area (Å²) in [6, 6.07) is 0. The van der Waals surface area contributed by atoms with Crippen LogP contribution in [0, 0.1) is 23.2 Å². The Morgan fingerprint density at radius 1 is 1.00 bits per heavy atom. The number of ketones is 1. The highest BCUT2D eigenvalue weighted by Gasteiger charge is 2.51. The van der Waals surface area contributed by atoms with Crippen LogP contribution in [0.4, 0.5) is 0 Å². The summed E-state index contributed by atoms with van der Waals surface area (Å²) in [5, 5.41) is 0. The quantitative estimate of drug-likeness (QED) is 0.563. The van der Waals surface area contributed by atoms with Gasteiger partial charge < -0.3 is 4.79 Å². The van der Waals surface area contributed by atoms with Gasteiger partial charge in [0.25, 0.3) is 0 Å². The van der Waals surface area contributed by atoms with Gasteiger partial charge >= 0.3 is 0 Å². The molecule has 0 amide bonds. The fraction of sp³-hybridized carbons (Fsp3) is 0.864. The summed E-state index contributed by atoms with van der Waals surface area (Å²) in [4.78, 5) is 11.4. The largest absolute Gasteiger partial charge is 0.300 e. The van der Waals surface area contributed by atoms with E-state index in [-0.39, 0.29) is 0 Å². The van der Waals surface area contributed by atoms with E-state index < -0.39 is 0 Å². The lowest BCUT2D eigenvalue weighted by molar-refractivity contribution is -0.117. The summed E-state index contributed by atoms with van der Waals surface area (Å²) in [5.74, 6) is 3.26. The number of allylic oxidation sites excluding steroid dienone is 2. The first-order valence-corrected chi connectivity index (χ1v) is 10.4. The summed E-state index contributed by atoms with van der Waals surface area (Å²) in [5.41, 5.74) is 4.51. The van der Waals surface area contributed by atoms with Crippen LogP contribution in [0.2, 0.25) is 0 Å². The molecule has 0 bridgehead atoms. The predicted molar refractivity (Wildman–Crippen MR) is 95.2 cm³/mol. The van der Waals surface area contributed by atoms with Crippen molar-refractivity contribution in [2.24, 2.45) is 23.2 Å². The average molecular weight is 315 g/mol. The Hall–Kier alpha value is -0.590. The minimum absolute atomic E-state index is 0.386. The van der Waals surface area contributed by atoms with Gasteiger partial charge in [-0.1, -0.05) is 24.0 Å². The van der Waals surface area contributed by atoms with Crippen LogP contribution < -0.4 is 0 Å². The molecule has 0 heterocycles. The van der Waals surface area contributed by atoms with E-state index in [0.29, 0.717) is 11.2 Å². The first-order valence-electron chi connectivity index (χ1n) is 10.4.